The summed E-state index contributed by atoms with van der Waals surface area (Å²) < 4.78 is 18.1. The van der Waals surface area contributed by atoms with Gasteiger partial charge in [-0.3, -0.25) is 9.59 Å². The molecule has 2 amide bonds. The van der Waals surface area contributed by atoms with E-state index < -0.39 is 35.7 Å². The van der Waals surface area contributed by atoms with Gasteiger partial charge >= 0.3 is 5.97 Å². The van der Waals surface area contributed by atoms with Crippen molar-refractivity contribution in [3.63, 3.8) is 0 Å². The summed E-state index contributed by atoms with van der Waals surface area (Å²) in [4.78, 5) is 38.0. The molecule has 2 aromatic rings. The fourth-order valence-corrected chi connectivity index (χ4v) is 2.62. The van der Waals surface area contributed by atoms with Crippen molar-refractivity contribution in [1.29, 1.82) is 0 Å². The van der Waals surface area contributed by atoms with Crippen LogP contribution in [0.25, 0.3) is 10.9 Å². The summed E-state index contributed by atoms with van der Waals surface area (Å²) in [5, 5.41) is 14.7. The molecular weight excluding hydrogens is 345 g/mol. The lowest BCUT2D eigenvalue weighted by Gasteiger charge is -2.20. The maximum Gasteiger partial charge on any atom is 0.328 e. The predicted molar refractivity (Wildman–Crippen MR) is 91.0 cm³/mol. The topological polar surface area (TPSA) is 121 Å². The van der Waals surface area contributed by atoms with E-state index in [-0.39, 0.29) is 13.0 Å². The highest BCUT2D eigenvalue weighted by atomic mass is 19.1. The van der Waals surface area contributed by atoms with Gasteiger partial charge < -0.3 is 25.5 Å². The molecular formula is C17H20FN3O5. The number of fused-ring (bicyclic) bond motifs is 1. The van der Waals surface area contributed by atoms with Crippen LogP contribution < -0.4 is 10.6 Å². The Hall–Kier alpha value is -2.94. The second-order valence-corrected chi connectivity index (χ2v) is 5.82. The summed E-state index contributed by atoms with van der Waals surface area (Å²) in [6.45, 7) is 1.05. The first-order chi connectivity index (χ1) is 12.3. The molecule has 0 aliphatic carbocycles. The summed E-state index contributed by atoms with van der Waals surface area (Å²) in [6, 6.07) is 1.97. The highest BCUT2D eigenvalue weighted by Gasteiger charge is 2.26. The van der Waals surface area contributed by atoms with E-state index in [0.29, 0.717) is 16.5 Å². The van der Waals surface area contributed by atoms with E-state index in [9.17, 15) is 18.8 Å². The highest BCUT2D eigenvalue weighted by molar-refractivity contribution is 5.91. The average Bonchev–Trinajstić information content (AvgIpc) is 2.95. The van der Waals surface area contributed by atoms with Crippen LogP contribution in [0.4, 0.5) is 4.39 Å². The Balaban J connectivity index is 2.21. The number of benzene rings is 1. The molecule has 2 unspecified atom stereocenters. The number of carbonyl (C=O) groups excluding carboxylic acids is 2. The molecule has 0 saturated carbocycles. The number of halogens is 1. The largest absolute Gasteiger partial charge is 0.480 e. The van der Waals surface area contributed by atoms with E-state index >= 15 is 0 Å². The molecule has 0 aliphatic heterocycles. The van der Waals surface area contributed by atoms with Crippen LogP contribution in [-0.2, 0) is 25.5 Å². The van der Waals surface area contributed by atoms with E-state index in [1.165, 1.54) is 26.2 Å². The summed E-state index contributed by atoms with van der Waals surface area (Å²) in [5.74, 6) is -2.73. The number of methoxy groups -OCH3 is 1. The molecule has 8 nitrogen and oxygen atoms in total. The fourth-order valence-electron chi connectivity index (χ4n) is 2.62. The average molecular weight is 365 g/mol. The van der Waals surface area contributed by atoms with Gasteiger partial charge in [-0.05, 0) is 23.8 Å². The van der Waals surface area contributed by atoms with Crippen LogP contribution in [0, 0.1) is 5.82 Å². The van der Waals surface area contributed by atoms with Crippen LogP contribution in [0.5, 0.6) is 0 Å². The van der Waals surface area contributed by atoms with Crippen molar-refractivity contribution in [3.8, 4) is 0 Å². The van der Waals surface area contributed by atoms with Crippen molar-refractivity contribution in [3.05, 3.63) is 35.8 Å². The predicted octanol–water partition coefficient (Wildman–Crippen LogP) is 0.570. The lowest BCUT2D eigenvalue weighted by atomic mass is 10.0. The Morgan fingerprint density at radius 3 is 2.62 bits per heavy atom. The van der Waals surface area contributed by atoms with Gasteiger partial charge in [-0.15, -0.1) is 0 Å². The number of H-pyrrole nitrogens is 1. The van der Waals surface area contributed by atoms with Gasteiger partial charge in [0.25, 0.3) is 0 Å². The van der Waals surface area contributed by atoms with Crippen LogP contribution in [0.2, 0.25) is 0 Å². The van der Waals surface area contributed by atoms with Gasteiger partial charge in [-0.2, -0.15) is 0 Å². The number of rotatable bonds is 8. The van der Waals surface area contributed by atoms with E-state index in [0.717, 1.165) is 0 Å². The minimum Gasteiger partial charge on any atom is -0.480 e. The van der Waals surface area contributed by atoms with Crippen LogP contribution in [0.15, 0.2) is 24.4 Å². The van der Waals surface area contributed by atoms with Crippen LogP contribution in [-0.4, -0.2) is 53.7 Å². The third-order valence-electron chi connectivity index (χ3n) is 3.80. The van der Waals surface area contributed by atoms with Crippen molar-refractivity contribution in [1.82, 2.24) is 15.6 Å². The molecule has 0 radical (unpaired) electrons. The van der Waals surface area contributed by atoms with Crippen molar-refractivity contribution < 1.29 is 28.6 Å². The third kappa shape index (κ3) is 4.79. The minimum absolute atomic E-state index is 0.108. The maximum atomic E-state index is 13.3. The molecule has 1 heterocycles. The fraction of sp³-hybridized carbons (Fsp3) is 0.353. The second kappa shape index (κ2) is 8.43. The number of aliphatic carboxylic acids is 1. The Morgan fingerprint density at radius 2 is 2.00 bits per heavy atom. The first kappa shape index (κ1) is 19.4. The van der Waals surface area contributed by atoms with Crippen LogP contribution >= 0.6 is 0 Å². The van der Waals surface area contributed by atoms with Crippen molar-refractivity contribution in [2.75, 3.05) is 13.7 Å². The number of ether oxygens (including phenoxy) is 1. The molecule has 0 saturated heterocycles. The lowest BCUT2D eigenvalue weighted by molar-refractivity contribution is -0.143. The molecule has 0 spiro atoms. The zero-order chi connectivity index (χ0) is 19.3. The molecule has 0 aliphatic rings. The number of hydrogen-bond acceptors (Lipinski definition) is 4. The lowest BCUT2D eigenvalue weighted by Crippen LogP contribution is -2.53. The summed E-state index contributed by atoms with van der Waals surface area (Å²) in [6.07, 6.45) is 1.73. The molecule has 2 atom stereocenters. The van der Waals surface area contributed by atoms with Gasteiger partial charge in [-0.25, -0.2) is 9.18 Å². The number of carbonyl (C=O) groups is 3. The number of amides is 2. The van der Waals surface area contributed by atoms with Crippen LogP contribution in [0.3, 0.4) is 0 Å². The molecule has 2 rings (SSSR count). The molecule has 0 fully saturated rings. The smallest absolute Gasteiger partial charge is 0.328 e. The normalized spacial score (nSPS) is 13.2. The standard InChI is InChI=1S/C17H20FN3O5/c1-9(22)20-14(16(23)21-15(8-26-2)17(24)25)5-10-7-19-13-6-11(18)3-4-12(10)13/h3-4,6-7,14-15,19H,5,8H2,1-2H3,(H,20,22)(H,21,23)(H,24,25). The Bertz CT molecular complexity index is 820. The van der Waals surface area contributed by atoms with Crippen LogP contribution in [0.1, 0.15) is 12.5 Å². The van der Waals surface area contributed by atoms with Gasteiger partial charge in [-0.1, -0.05) is 0 Å². The number of carboxylic acid groups (broad SMARTS) is 1. The van der Waals surface area contributed by atoms with Crippen molar-refractivity contribution >= 4 is 28.7 Å². The van der Waals surface area contributed by atoms with E-state index in [2.05, 4.69) is 15.6 Å². The Labute approximate surface area is 148 Å². The Morgan fingerprint density at radius 1 is 1.27 bits per heavy atom. The van der Waals surface area contributed by atoms with Crippen molar-refractivity contribution in [2.45, 2.75) is 25.4 Å². The monoisotopic (exact) mass is 365 g/mol. The number of nitrogens with one attached hydrogen (secondary N) is 3. The van der Waals surface area contributed by atoms with E-state index in [1.54, 1.807) is 12.3 Å². The highest BCUT2D eigenvalue weighted by Crippen LogP contribution is 2.20. The molecule has 140 valence electrons. The first-order valence-corrected chi connectivity index (χ1v) is 7.86. The van der Waals surface area contributed by atoms with Gasteiger partial charge in [0.15, 0.2) is 6.04 Å². The number of hydrogen-bond donors (Lipinski definition) is 4. The first-order valence-electron chi connectivity index (χ1n) is 7.86. The molecule has 1 aromatic carbocycles. The molecule has 0 bridgehead atoms. The quantitative estimate of drug-likeness (QED) is 0.545. The second-order valence-electron chi connectivity index (χ2n) is 5.82. The maximum absolute atomic E-state index is 13.3. The van der Waals surface area contributed by atoms with Gasteiger partial charge in [0.1, 0.15) is 11.9 Å². The molecule has 4 N–H and O–H groups in total. The van der Waals surface area contributed by atoms with Gasteiger partial charge in [0, 0.05) is 37.6 Å². The van der Waals surface area contributed by atoms with Gasteiger partial charge in [0.2, 0.25) is 11.8 Å². The summed E-state index contributed by atoms with van der Waals surface area (Å²) in [5.41, 5.74) is 1.25. The number of aromatic nitrogens is 1. The summed E-state index contributed by atoms with van der Waals surface area (Å²) in [7, 11) is 1.32. The molecule has 1 aromatic heterocycles. The number of aromatic amines is 1. The van der Waals surface area contributed by atoms with E-state index in [4.69, 9.17) is 9.84 Å². The third-order valence-corrected chi connectivity index (χ3v) is 3.80. The SMILES string of the molecule is COCC(NC(=O)C(Cc1c[nH]c2cc(F)ccc12)NC(C)=O)C(=O)O. The molecule has 9 heteroatoms. The van der Waals surface area contributed by atoms with Crippen molar-refractivity contribution in [2.24, 2.45) is 0 Å². The zero-order valence-electron chi connectivity index (χ0n) is 14.3. The zero-order valence-corrected chi connectivity index (χ0v) is 14.3. The number of carboxylic acids is 1. The molecule has 26 heavy (non-hydrogen) atoms. The minimum atomic E-state index is -1.25. The Kier molecular flexibility index (Phi) is 6.29. The summed E-state index contributed by atoms with van der Waals surface area (Å²) >= 11 is 0. The van der Waals surface area contributed by atoms with E-state index in [1.807, 2.05) is 0 Å². The van der Waals surface area contributed by atoms with Gasteiger partial charge in [0.05, 0.1) is 6.61 Å².